The molecule has 0 heterocycles. The molecule has 1 fully saturated rings. The number of nitrogens with one attached hydrogen (secondary N) is 1. The predicted molar refractivity (Wildman–Crippen MR) is 82.1 cm³/mol. The van der Waals surface area contributed by atoms with Crippen molar-refractivity contribution in [1.82, 2.24) is 5.32 Å². The molecule has 1 amide bonds. The lowest BCUT2D eigenvalue weighted by Gasteiger charge is -2.35. The second-order valence-corrected chi connectivity index (χ2v) is 6.03. The van der Waals surface area contributed by atoms with Crippen LogP contribution in [0.25, 0.3) is 0 Å². The molecule has 21 heavy (non-hydrogen) atoms. The number of ether oxygens (including phenoxy) is 1. The summed E-state index contributed by atoms with van der Waals surface area (Å²) < 4.78 is 5.05. The number of carbonyl (C=O) groups is 1. The summed E-state index contributed by atoms with van der Waals surface area (Å²) in [5.41, 5.74) is 1.58. The highest BCUT2D eigenvalue weighted by molar-refractivity contribution is 5.94. The fourth-order valence-corrected chi connectivity index (χ4v) is 2.98. The SMILES string of the molecule is COCc1ccc(C(=O)NCC2(CO)CCCCC2)cc1. The zero-order valence-electron chi connectivity index (χ0n) is 12.7. The van der Waals surface area contributed by atoms with Crippen molar-refractivity contribution in [3.05, 3.63) is 35.4 Å². The van der Waals surface area contributed by atoms with Gasteiger partial charge in [-0.2, -0.15) is 0 Å². The van der Waals surface area contributed by atoms with Gasteiger partial charge in [0.2, 0.25) is 0 Å². The Morgan fingerprint density at radius 1 is 1.24 bits per heavy atom. The van der Waals surface area contributed by atoms with Crippen LogP contribution in [0.3, 0.4) is 0 Å². The summed E-state index contributed by atoms with van der Waals surface area (Å²) in [4.78, 5) is 12.2. The van der Waals surface area contributed by atoms with E-state index in [-0.39, 0.29) is 17.9 Å². The molecule has 1 aromatic rings. The summed E-state index contributed by atoms with van der Waals surface area (Å²) in [6, 6.07) is 7.44. The molecule has 0 radical (unpaired) electrons. The minimum absolute atomic E-state index is 0.0719. The predicted octanol–water partition coefficient (Wildman–Crippen LogP) is 2.51. The topological polar surface area (TPSA) is 58.6 Å². The third-order valence-electron chi connectivity index (χ3n) is 4.40. The highest BCUT2D eigenvalue weighted by atomic mass is 16.5. The Hall–Kier alpha value is -1.39. The largest absolute Gasteiger partial charge is 0.396 e. The van der Waals surface area contributed by atoms with Crippen LogP contribution in [-0.2, 0) is 11.3 Å². The molecule has 2 rings (SSSR count). The molecule has 0 spiro atoms. The molecule has 0 atom stereocenters. The van der Waals surface area contributed by atoms with Crippen molar-refractivity contribution in [2.75, 3.05) is 20.3 Å². The van der Waals surface area contributed by atoms with Crippen molar-refractivity contribution in [2.24, 2.45) is 5.41 Å². The molecule has 116 valence electrons. The van der Waals surface area contributed by atoms with Crippen molar-refractivity contribution in [3.63, 3.8) is 0 Å². The van der Waals surface area contributed by atoms with Gasteiger partial charge in [0, 0.05) is 24.6 Å². The molecule has 0 unspecified atom stereocenters. The molecule has 2 N–H and O–H groups in total. The summed E-state index contributed by atoms with van der Waals surface area (Å²) in [7, 11) is 1.65. The Morgan fingerprint density at radius 3 is 2.48 bits per heavy atom. The van der Waals surface area contributed by atoms with E-state index in [2.05, 4.69) is 5.32 Å². The van der Waals surface area contributed by atoms with Gasteiger partial charge in [-0.1, -0.05) is 31.4 Å². The van der Waals surface area contributed by atoms with E-state index in [0.717, 1.165) is 31.2 Å². The Bertz CT molecular complexity index is 450. The van der Waals surface area contributed by atoms with Gasteiger partial charge < -0.3 is 15.2 Å². The van der Waals surface area contributed by atoms with Crippen LogP contribution in [-0.4, -0.2) is 31.3 Å². The van der Waals surface area contributed by atoms with Crippen LogP contribution >= 0.6 is 0 Å². The van der Waals surface area contributed by atoms with E-state index in [4.69, 9.17) is 4.74 Å². The van der Waals surface area contributed by atoms with Gasteiger partial charge in [-0.3, -0.25) is 4.79 Å². The van der Waals surface area contributed by atoms with Crippen LogP contribution < -0.4 is 5.32 Å². The molecule has 4 heteroatoms. The Balaban J connectivity index is 1.91. The first kappa shape index (κ1) is 16.0. The van der Waals surface area contributed by atoms with Crippen LogP contribution in [0.15, 0.2) is 24.3 Å². The molecule has 0 saturated heterocycles. The molecule has 0 aromatic heterocycles. The highest BCUT2D eigenvalue weighted by Gasteiger charge is 2.31. The number of aliphatic hydroxyl groups is 1. The third-order valence-corrected chi connectivity index (χ3v) is 4.40. The molecule has 4 nitrogen and oxygen atoms in total. The molecule has 0 bridgehead atoms. The minimum atomic E-state index is -0.121. The number of hydrogen-bond donors (Lipinski definition) is 2. The Kier molecular flexibility index (Phi) is 5.76. The van der Waals surface area contributed by atoms with E-state index >= 15 is 0 Å². The molecule has 1 aromatic carbocycles. The number of amides is 1. The van der Waals surface area contributed by atoms with Gasteiger partial charge in [-0.25, -0.2) is 0 Å². The molecule has 0 aliphatic heterocycles. The van der Waals surface area contributed by atoms with Gasteiger partial charge in [0.1, 0.15) is 0 Å². The maximum Gasteiger partial charge on any atom is 0.251 e. The van der Waals surface area contributed by atoms with E-state index in [1.54, 1.807) is 7.11 Å². The second-order valence-electron chi connectivity index (χ2n) is 6.03. The smallest absolute Gasteiger partial charge is 0.251 e. The number of benzene rings is 1. The zero-order valence-corrected chi connectivity index (χ0v) is 12.7. The lowest BCUT2D eigenvalue weighted by molar-refractivity contribution is 0.0718. The maximum atomic E-state index is 12.2. The summed E-state index contributed by atoms with van der Waals surface area (Å²) in [5, 5.41) is 12.6. The van der Waals surface area contributed by atoms with Crippen molar-refractivity contribution < 1.29 is 14.6 Å². The van der Waals surface area contributed by atoms with E-state index in [1.165, 1.54) is 6.42 Å². The lowest BCUT2D eigenvalue weighted by atomic mass is 9.74. The number of methoxy groups -OCH3 is 1. The molecule has 1 aliphatic carbocycles. The van der Waals surface area contributed by atoms with E-state index < -0.39 is 0 Å². The van der Waals surface area contributed by atoms with Crippen molar-refractivity contribution in [3.8, 4) is 0 Å². The van der Waals surface area contributed by atoms with E-state index in [9.17, 15) is 9.90 Å². The van der Waals surface area contributed by atoms with Crippen LogP contribution in [0.5, 0.6) is 0 Å². The average molecular weight is 291 g/mol. The normalized spacial score (nSPS) is 17.4. The number of aliphatic hydroxyl groups excluding tert-OH is 1. The zero-order chi connectivity index (χ0) is 15.1. The van der Waals surface area contributed by atoms with Crippen LogP contribution in [0.1, 0.15) is 48.0 Å². The van der Waals surface area contributed by atoms with Crippen molar-refractivity contribution >= 4 is 5.91 Å². The Labute approximate surface area is 126 Å². The quantitative estimate of drug-likeness (QED) is 0.846. The highest BCUT2D eigenvalue weighted by Crippen LogP contribution is 2.35. The minimum Gasteiger partial charge on any atom is -0.396 e. The summed E-state index contributed by atoms with van der Waals surface area (Å²) >= 11 is 0. The van der Waals surface area contributed by atoms with Crippen LogP contribution in [0.4, 0.5) is 0 Å². The molecule has 1 aliphatic rings. The fraction of sp³-hybridized carbons (Fsp3) is 0.588. The number of rotatable bonds is 6. The molecular weight excluding hydrogens is 266 g/mol. The monoisotopic (exact) mass is 291 g/mol. The van der Waals surface area contributed by atoms with Gasteiger partial charge in [0.25, 0.3) is 5.91 Å². The Morgan fingerprint density at radius 2 is 1.90 bits per heavy atom. The number of carbonyl (C=O) groups excluding carboxylic acids is 1. The standard InChI is InChI=1S/C17H25NO3/c1-21-11-14-5-7-15(8-6-14)16(20)18-12-17(13-19)9-3-2-4-10-17/h5-8,19H,2-4,9-13H2,1H3,(H,18,20). The summed E-state index contributed by atoms with van der Waals surface area (Å²) in [5.74, 6) is -0.0719. The summed E-state index contributed by atoms with van der Waals surface area (Å²) in [6.07, 6.45) is 5.51. The van der Waals surface area contributed by atoms with E-state index in [1.807, 2.05) is 24.3 Å². The average Bonchev–Trinajstić information content (AvgIpc) is 2.54. The lowest BCUT2D eigenvalue weighted by Crippen LogP contribution is -2.41. The fourth-order valence-electron chi connectivity index (χ4n) is 2.98. The summed E-state index contributed by atoms with van der Waals surface area (Å²) in [6.45, 7) is 1.26. The van der Waals surface area contributed by atoms with E-state index in [0.29, 0.717) is 18.7 Å². The first-order chi connectivity index (χ1) is 10.2. The molecule has 1 saturated carbocycles. The first-order valence-electron chi connectivity index (χ1n) is 7.66. The second kappa shape index (κ2) is 7.57. The van der Waals surface area contributed by atoms with Gasteiger partial charge in [-0.05, 0) is 30.5 Å². The third kappa shape index (κ3) is 4.29. The van der Waals surface area contributed by atoms with Gasteiger partial charge in [0.05, 0.1) is 13.2 Å². The van der Waals surface area contributed by atoms with Gasteiger partial charge >= 0.3 is 0 Å². The van der Waals surface area contributed by atoms with Crippen molar-refractivity contribution in [2.45, 2.75) is 38.7 Å². The van der Waals surface area contributed by atoms with Crippen LogP contribution in [0, 0.1) is 5.41 Å². The van der Waals surface area contributed by atoms with Gasteiger partial charge in [0.15, 0.2) is 0 Å². The van der Waals surface area contributed by atoms with Crippen LogP contribution in [0.2, 0.25) is 0 Å². The first-order valence-corrected chi connectivity index (χ1v) is 7.66. The van der Waals surface area contributed by atoms with Crippen molar-refractivity contribution in [1.29, 1.82) is 0 Å². The number of hydrogen-bond acceptors (Lipinski definition) is 3. The maximum absolute atomic E-state index is 12.2. The molecular formula is C17H25NO3. The van der Waals surface area contributed by atoms with Gasteiger partial charge in [-0.15, -0.1) is 0 Å².